The van der Waals surface area contributed by atoms with Gasteiger partial charge in [-0.15, -0.1) is 0 Å². The van der Waals surface area contributed by atoms with Crippen LogP contribution in [0.15, 0.2) is 29.3 Å². The monoisotopic (exact) mass is 513 g/mol. The number of nitrogens with zero attached hydrogens (tertiary/aromatic N) is 2. The van der Waals surface area contributed by atoms with Crippen molar-refractivity contribution in [2.75, 3.05) is 11.9 Å². The Kier molecular flexibility index (Phi) is 8.20. The third-order valence-corrected chi connectivity index (χ3v) is 7.11. The number of aliphatic imine (C=N–C) groups is 1. The Morgan fingerprint density at radius 2 is 1.82 bits per heavy atom. The number of rotatable bonds is 5. The van der Waals surface area contributed by atoms with Gasteiger partial charge in [0.25, 0.3) is 0 Å². The third-order valence-electron chi connectivity index (χ3n) is 5.20. The summed E-state index contributed by atoms with van der Waals surface area (Å²) in [6.45, 7) is 2.64. The summed E-state index contributed by atoms with van der Waals surface area (Å²) in [4.78, 5) is 32.2. The average Bonchev–Trinajstić information content (AvgIpc) is 2.93. The molecule has 0 unspecified atom stereocenters. The fourth-order valence-corrected chi connectivity index (χ4v) is 5.42. The standard InChI is InChI=1S/C21H28IN3O2S/c1-2-23-21-25(17-8-6-4-3-5-7-9-17)20(27)18(28-21)14-19(26)24-16-12-10-15(22)11-13-16/h10-13,17-18H,2-9,14H2,1H3,(H,24,26)/t18-/m1/s1. The summed E-state index contributed by atoms with van der Waals surface area (Å²) < 4.78 is 1.12. The fraction of sp³-hybridized carbons (Fsp3) is 0.571. The Bertz CT molecular complexity index is 715. The summed E-state index contributed by atoms with van der Waals surface area (Å²) in [5.41, 5.74) is 0.764. The molecular weight excluding hydrogens is 485 g/mol. The van der Waals surface area contributed by atoms with E-state index in [4.69, 9.17) is 0 Å². The summed E-state index contributed by atoms with van der Waals surface area (Å²) in [5.74, 6) is -0.0667. The number of amides is 2. The molecule has 28 heavy (non-hydrogen) atoms. The molecular formula is C21H28IN3O2S. The molecule has 1 aliphatic heterocycles. The van der Waals surface area contributed by atoms with Crippen LogP contribution >= 0.6 is 34.4 Å². The second kappa shape index (κ2) is 10.6. The van der Waals surface area contributed by atoms with Gasteiger partial charge >= 0.3 is 0 Å². The Labute approximate surface area is 185 Å². The molecule has 0 aromatic heterocycles. The lowest BCUT2D eigenvalue weighted by Crippen LogP contribution is -2.42. The molecule has 152 valence electrons. The Morgan fingerprint density at radius 1 is 1.18 bits per heavy atom. The number of hydrogen-bond acceptors (Lipinski definition) is 4. The number of thioether (sulfide) groups is 1. The molecule has 0 radical (unpaired) electrons. The van der Waals surface area contributed by atoms with E-state index in [-0.39, 0.29) is 29.5 Å². The van der Waals surface area contributed by atoms with Gasteiger partial charge in [-0.05, 0) is 66.6 Å². The van der Waals surface area contributed by atoms with E-state index in [1.165, 1.54) is 31.0 Å². The quantitative estimate of drug-likeness (QED) is 0.561. The van der Waals surface area contributed by atoms with Crippen molar-refractivity contribution in [3.8, 4) is 0 Å². The minimum atomic E-state index is -0.375. The molecule has 1 aliphatic carbocycles. The topological polar surface area (TPSA) is 61.8 Å². The number of anilines is 1. The van der Waals surface area contributed by atoms with Gasteiger partial charge in [0, 0.05) is 28.3 Å². The van der Waals surface area contributed by atoms with Gasteiger partial charge in [0.05, 0.1) is 0 Å². The molecule has 1 heterocycles. The largest absolute Gasteiger partial charge is 0.326 e. The molecule has 2 fully saturated rings. The van der Waals surface area contributed by atoms with Gasteiger partial charge in [0.15, 0.2) is 5.17 Å². The van der Waals surface area contributed by atoms with Crippen molar-refractivity contribution >= 4 is 57.0 Å². The number of halogens is 1. The van der Waals surface area contributed by atoms with Crippen LogP contribution in [0.1, 0.15) is 58.3 Å². The Hall–Kier alpha value is -1.09. The van der Waals surface area contributed by atoms with Crippen molar-refractivity contribution in [3.05, 3.63) is 27.8 Å². The van der Waals surface area contributed by atoms with Crippen LogP contribution in [0.25, 0.3) is 0 Å². The van der Waals surface area contributed by atoms with Crippen molar-refractivity contribution < 1.29 is 9.59 Å². The summed E-state index contributed by atoms with van der Waals surface area (Å²) in [5, 5.41) is 3.34. The van der Waals surface area contributed by atoms with Crippen LogP contribution < -0.4 is 5.32 Å². The molecule has 0 bridgehead atoms. The molecule has 2 amide bonds. The van der Waals surface area contributed by atoms with Gasteiger partial charge in [0.2, 0.25) is 11.8 Å². The number of nitrogens with one attached hydrogen (secondary N) is 1. The lowest BCUT2D eigenvalue weighted by Gasteiger charge is -2.29. The van der Waals surface area contributed by atoms with E-state index in [1.54, 1.807) is 0 Å². The van der Waals surface area contributed by atoms with Crippen LogP contribution in [0.2, 0.25) is 0 Å². The van der Waals surface area contributed by atoms with E-state index in [9.17, 15) is 9.59 Å². The van der Waals surface area contributed by atoms with Crippen molar-refractivity contribution in [2.24, 2.45) is 4.99 Å². The highest BCUT2D eigenvalue weighted by atomic mass is 127. The predicted molar refractivity (Wildman–Crippen MR) is 125 cm³/mol. The van der Waals surface area contributed by atoms with E-state index in [0.717, 1.165) is 40.1 Å². The van der Waals surface area contributed by atoms with Gasteiger partial charge in [-0.3, -0.25) is 19.5 Å². The van der Waals surface area contributed by atoms with Gasteiger partial charge < -0.3 is 5.32 Å². The van der Waals surface area contributed by atoms with E-state index in [0.29, 0.717) is 6.54 Å². The molecule has 2 aliphatic rings. The lowest BCUT2D eigenvalue weighted by molar-refractivity contribution is -0.129. The molecule has 1 aromatic rings. The number of carbonyl (C=O) groups is 2. The fourth-order valence-electron chi connectivity index (χ4n) is 3.80. The van der Waals surface area contributed by atoms with Crippen LogP contribution in [-0.4, -0.2) is 39.7 Å². The van der Waals surface area contributed by atoms with Gasteiger partial charge in [-0.25, -0.2) is 0 Å². The van der Waals surface area contributed by atoms with Crippen molar-refractivity contribution in [1.82, 2.24) is 4.90 Å². The maximum atomic E-state index is 13.2. The van der Waals surface area contributed by atoms with Crippen molar-refractivity contribution in [1.29, 1.82) is 0 Å². The molecule has 5 nitrogen and oxygen atoms in total. The molecule has 1 aromatic carbocycles. The van der Waals surface area contributed by atoms with Crippen molar-refractivity contribution in [3.63, 3.8) is 0 Å². The highest BCUT2D eigenvalue weighted by Gasteiger charge is 2.42. The predicted octanol–water partition coefficient (Wildman–Crippen LogP) is 5.05. The number of amidine groups is 1. The van der Waals surface area contributed by atoms with Crippen molar-refractivity contribution in [2.45, 2.75) is 69.6 Å². The summed E-state index contributed by atoms with van der Waals surface area (Å²) >= 11 is 3.69. The van der Waals surface area contributed by atoms with E-state index >= 15 is 0 Å². The van der Waals surface area contributed by atoms with Crippen LogP contribution in [0.3, 0.4) is 0 Å². The minimum Gasteiger partial charge on any atom is -0.326 e. The second-order valence-electron chi connectivity index (χ2n) is 7.33. The summed E-state index contributed by atoms with van der Waals surface area (Å²) in [6, 6.07) is 7.90. The molecule has 0 spiro atoms. The maximum absolute atomic E-state index is 13.2. The number of hydrogen-bond donors (Lipinski definition) is 1. The molecule has 7 heteroatoms. The van der Waals surface area contributed by atoms with Crippen LogP contribution in [-0.2, 0) is 9.59 Å². The molecule has 3 rings (SSSR count). The number of benzene rings is 1. The highest BCUT2D eigenvalue weighted by Crippen LogP contribution is 2.35. The smallest absolute Gasteiger partial charge is 0.242 e. The number of carbonyl (C=O) groups excluding carboxylic acids is 2. The van der Waals surface area contributed by atoms with E-state index in [2.05, 4.69) is 32.9 Å². The first-order valence-corrected chi connectivity index (χ1v) is 12.1. The first kappa shape index (κ1) is 21.6. The maximum Gasteiger partial charge on any atom is 0.242 e. The molecule has 1 atom stereocenters. The first-order chi connectivity index (χ1) is 13.6. The lowest BCUT2D eigenvalue weighted by atomic mass is 9.95. The van der Waals surface area contributed by atoms with Crippen LogP contribution in [0.5, 0.6) is 0 Å². The Morgan fingerprint density at radius 3 is 2.46 bits per heavy atom. The van der Waals surface area contributed by atoms with E-state index < -0.39 is 0 Å². The van der Waals surface area contributed by atoms with Gasteiger partial charge in [0.1, 0.15) is 5.25 Å². The third kappa shape index (κ3) is 5.72. The zero-order valence-electron chi connectivity index (χ0n) is 16.3. The van der Waals surface area contributed by atoms with Crippen LogP contribution in [0.4, 0.5) is 5.69 Å². The zero-order valence-corrected chi connectivity index (χ0v) is 19.3. The van der Waals surface area contributed by atoms with E-state index in [1.807, 2.05) is 36.1 Å². The SMILES string of the molecule is CCN=C1S[C@H](CC(=O)Nc2ccc(I)cc2)C(=O)N1C1CCCCCCC1. The minimum absolute atomic E-state index is 0.0560. The molecule has 1 saturated heterocycles. The average molecular weight is 513 g/mol. The zero-order chi connectivity index (χ0) is 19.9. The van der Waals surface area contributed by atoms with Gasteiger partial charge in [-0.2, -0.15) is 0 Å². The second-order valence-corrected chi connectivity index (χ2v) is 9.75. The highest BCUT2D eigenvalue weighted by molar-refractivity contribution is 14.1. The van der Waals surface area contributed by atoms with Gasteiger partial charge in [-0.1, -0.05) is 43.9 Å². The molecule has 1 N–H and O–H groups in total. The summed E-state index contributed by atoms with van der Waals surface area (Å²) in [6.07, 6.45) is 8.37. The Balaban J connectivity index is 1.66. The normalized spacial score (nSPS) is 22.9. The van der Waals surface area contributed by atoms with Crippen LogP contribution in [0, 0.1) is 3.57 Å². The molecule has 1 saturated carbocycles. The first-order valence-electron chi connectivity index (χ1n) is 10.2. The summed E-state index contributed by atoms with van der Waals surface area (Å²) in [7, 11) is 0.